The molecular weight excluding hydrogens is 298 g/mol. The van der Waals surface area contributed by atoms with Crippen LogP contribution < -0.4 is 10.6 Å². The van der Waals surface area contributed by atoms with Gasteiger partial charge in [-0.1, -0.05) is 37.1 Å². The summed E-state index contributed by atoms with van der Waals surface area (Å²) in [4.78, 5) is 16.2. The van der Waals surface area contributed by atoms with Crippen LogP contribution in [-0.2, 0) is 11.2 Å². The summed E-state index contributed by atoms with van der Waals surface area (Å²) in [5.74, 6) is 0.460. The first-order valence-corrected chi connectivity index (χ1v) is 7.79. The molecule has 2 aromatic rings. The van der Waals surface area contributed by atoms with Crippen molar-refractivity contribution in [3.8, 4) is 0 Å². The summed E-state index contributed by atoms with van der Waals surface area (Å²) in [5, 5.41) is 6.74. The van der Waals surface area contributed by atoms with E-state index in [-0.39, 0.29) is 5.91 Å². The predicted molar refractivity (Wildman–Crippen MR) is 91.4 cm³/mol. The third-order valence-electron chi connectivity index (χ3n) is 3.17. The van der Waals surface area contributed by atoms with Crippen molar-refractivity contribution in [1.29, 1.82) is 0 Å². The molecule has 0 saturated carbocycles. The second kappa shape index (κ2) is 8.39. The molecule has 1 aromatic heterocycles. The van der Waals surface area contributed by atoms with Crippen LogP contribution in [0.15, 0.2) is 42.6 Å². The summed E-state index contributed by atoms with van der Waals surface area (Å²) in [5.41, 5.74) is 1.88. The molecule has 0 fully saturated rings. The largest absolute Gasteiger partial charge is 0.384 e. The SMILES string of the molecule is CCCCNc1ccc(NC(=O)Cc2ccc(Cl)cc2)nc1. The van der Waals surface area contributed by atoms with Crippen LogP contribution in [0.4, 0.5) is 11.5 Å². The average Bonchev–Trinajstić information content (AvgIpc) is 2.51. The van der Waals surface area contributed by atoms with Gasteiger partial charge in [-0.15, -0.1) is 0 Å². The van der Waals surface area contributed by atoms with Crippen molar-refractivity contribution in [2.75, 3.05) is 17.2 Å². The molecule has 1 amide bonds. The number of aromatic nitrogens is 1. The van der Waals surface area contributed by atoms with E-state index >= 15 is 0 Å². The second-order valence-electron chi connectivity index (χ2n) is 5.06. The van der Waals surface area contributed by atoms with Crippen LogP contribution in [0.5, 0.6) is 0 Å². The fourth-order valence-corrected chi connectivity index (χ4v) is 2.08. The van der Waals surface area contributed by atoms with Crippen LogP contribution in [0, 0.1) is 0 Å². The van der Waals surface area contributed by atoms with Gasteiger partial charge in [-0.3, -0.25) is 4.79 Å². The number of carbonyl (C=O) groups is 1. The number of benzene rings is 1. The first kappa shape index (κ1) is 16.3. The number of halogens is 1. The Bertz CT molecular complexity index is 596. The zero-order chi connectivity index (χ0) is 15.8. The second-order valence-corrected chi connectivity index (χ2v) is 5.50. The average molecular weight is 318 g/mol. The van der Waals surface area contributed by atoms with Crippen molar-refractivity contribution in [3.05, 3.63) is 53.2 Å². The third-order valence-corrected chi connectivity index (χ3v) is 3.42. The van der Waals surface area contributed by atoms with Gasteiger partial charge in [-0.2, -0.15) is 0 Å². The Hall–Kier alpha value is -2.07. The standard InChI is InChI=1S/C17H20ClN3O/c1-2-3-10-19-15-8-9-16(20-12-15)21-17(22)11-13-4-6-14(18)7-5-13/h4-9,12,19H,2-3,10-11H2,1H3,(H,20,21,22). The highest BCUT2D eigenvalue weighted by Crippen LogP contribution is 2.12. The molecule has 0 saturated heterocycles. The van der Waals surface area contributed by atoms with E-state index in [2.05, 4.69) is 22.5 Å². The van der Waals surface area contributed by atoms with E-state index in [9.17, 15) is 4.79 Å². The molecule has 0 aliphatic carbocycles. The molecule has 1 aromatic carbocycles. The quantitative estimate of drug-likeness (QED) is 0.755. The number of nitrogens with zero attached hydrogens (tertiary/aromatic N) is 1. The molecule has 0 radical (unpaired) electrons. The fourth-order valence-electron chi connectivity index (χ4n) is 1.96. The number of nitrogens with one attached hydrogen (secondary N) is 2. The summed E-state index contributed by atoms with van der Waals surface area (Å²) in [6, 6.07) is 11.0. The molecule has 0 bridgehead atoms. The van der Waals surface area contributed by atoms with Crippen molar-refractivity contribution >= 4 is 29.0 Å². The molecule has 5 heteroatoms. The lowest BCUT2D eigenvalue weighted by Gasteiger charge is -2.07. The molecule has 0 aliphatic rings. The van der Waals surface area contributed by atoms with Crippen molar-refractivity contribution in [3.63, 3.8) is 0 Å². The summed E-state index contributed by atoms with van der Waals surface area (Å²) >= 11 is 5.82. The molecule has 0 spiro atoms. The maximum absolute atomic E-state index is 12.0. The summed E-state index contributed by atoms with van der Waals surface area (Å²) in [7, 11) is 0. The van der Waals surface area contributed by atoms with Gasteiger partial charge in [0.15, 0.2) is 0 Å². The Morgan fingerprint density at radius 3 is 2.59 bits per heavy atom. The molecule has 2 N–H and O–H groups in total. The third kappa shape index (κ3) is 5.37. The van der Waals surface area contributed by atoms with Crippen molar-refractivity contribution < 1.29 is 4.79 Å². The Morgan fingerprint density at radius 2 is 1.95 bits per heavy atom. The lowest BCUT2D eigenvalue weighted by molar-refractivity contribution is -0.115. The number of pyridine rings is 1. The van der Waals surface area contributed by atoms with Crippen molar-refractivity contribution in [1.82, 2.24) is 4.98 Å². The first-order valence-electron chi connectivity index (χ1n) is 7.41. The molecule has 1 heterocycles. The van der Waals surface area contributed by atoms with Gasteiger partial charge in [0.25, 0.3) is 0 Å². The molecule has 4 nitrogen and oxygen atoms in total. The Kier molecular flexibility index (Phi) is 6.22. The van der Waals surface area contributed by atoms with Crippen LogP contribution in [0.25, 0.3) is 0 Å². The highest BCUT2D eigenvalue weighted by atomic mass is 35.5. The lowest BCUT2D eigenvalue weighted by atomic mass is 10.1. The molecule has 2 rings (SSSR count). The maximum atomic E-state index is 12.0. The number of carbonyl (C=O) groups excluding carboxylic acids is 1. The zero-order valence-electron chi connectivity index (χ0n) is 12.6. The van der Waals surface area contributed by atoms with E-state index in [0.29, 0.717) is 17.3 Å². The lowest BCUT2D eigenvalue weighted by Crippen LogP contribution is -2.15. The number of hydrogen-bond donors (Lipinski definition) is 2. The van der Waals surface area contributed by atoms with E-state index in [1.165, 1.54) is 0 Å². The molecular formula is C17H20ClN3O. The smallest absolute Gasteiger partial charge is 0.229 e. The normalized spacial score (nSPS) is 10.3. The number of amides is 1. The van der Waals surface area contributed by atoms with Gasteiger partial charge in [0.2, 0.25) is 5.91 Å². The van der Waals surface area contributed by atoms with Gasteiger partial charge in [-0.25, -0.2) is 4.98 Å². The van der Waals surface area contributed by atoms with E-state index in [1.807, 2.05) is 18.2 Å². The number of unbranched alkanes of at least 4 members (excludes halogenated alkanes) is 1. The van der Waals surface area contributed by atoms with E-state index in [0.717, 1.165) is 30.6 Å². The van der Waals surface area contributed by atoms with E-state index < -0.39 is 0 Å². The van der Waals surface area contributed by atoms with Gasteiger partial charge in [0.05, 0.1) is 18.3 Å². The molecule has 116 valence electrons. The van der Waals surface area contributed by atoms with Crippen molar-refractivity contribution in [2.24, 2.45) is 0 Å². The molecule has 0 aliphatic heterocycles. The van der Waals surface area contributed by atoms with E-state index in [1.54, 1.807) is 24.4 Å². The predicted octanol–water partition coefficient (Wildman–Crippen LogP) is 4.13. The van der Waals surface area contributed by atoms with Gasteiger partial charge < -0.3 is 10.6 Å². The number of rotatable bonds is 7. The molecule has 0 atom stereocenters. The van der Waals surface area contributed by atoms with Gasteiger partial charge in [0, 0.05) is 11.6 Å². The van der Waals surface area contributed by atoms with Crippen LogP contribution >= 0.6 is 11.6 Å². The molecule has 22 heavy (non-hydrogen) atoms. The number of hydrogen-bond acceptors (Lipinski definition) is 3. The summed E-state index contributed by atoms with van der Waals surface area (Å²) in [6.45, 7) is 3.08. The van der Waals surface area contributed by atoms with Gasteiger partial charge >= 0.3 is 0 Å². The Morgan fingerprint density at radius 1 is 1.18 bits per heavy atom. The maximum Gasteiger partial charge on any atom is 0.229 e. The zero-order valence-corrected chi connectivity index (χ0v) is 13.4. The summed E-state index contributed by atoms with van der Waals surface area (Å²) in [6.07, 6.45) is 4.31. The topological polar surface area (TPSA) is 54.0 Å². The Balaban J connectivity index is 1.84. The number of anilines is 2. The fraction of sp³-hybridized carbons (Fsp3) is 0.294. The van der Waals surface area contributed by atoms with Gasteiger partial charge in [0.1, 0.15) is 5.82 Å². The monoisotopic (exact) mass is 317 g/mol. The van der Waals surface area contributed by atoms with Crippen LogP contribution in [0.3, 0.4) is 0 Å². The summed E-state index contributed by atoms with van der Waals surface area (Å²) < 4.78 is 0. The van der Waals surface area contributed by atoms with Gasteiger partial charge in [-0.05, 0) is 36.2 Å². The minimum absolute atomic E-state index is 0.0958. The minimum atomic E-state index is -0.0958. The minimum Gasteiger partial charge on any atom is -0.384 e. The van der Waals surface area contributed by atoms with E-state index in [4.69, 9.17) is 11.6 Å². The molecule has 0 unspecified atom stereocenters. The highest BCUT2D eigenvalue weighted by molar-refractivity contribution is 6.30. The van der Waals surface area contributed by atoms with Crippen LogP contribution in [0.2, 0.25) is 5.02 Å². The highest BCUT2D eigenvalue weighted by Gasteiger charge is 2.05. The van der Waals surface area contributed by atoms with Crippen molar-refractivity contribution in [2.45, 2.75) is 26.2 Å². The van der Waals surface area contributed by atoms with Crippen LogP contribution in [0.1, 0.15) is 25.3 Å². The first-order chi connectivity index (χ1) is 10.7. The van der Waals surface area contributed by atoms with Crippen LogP contribution in [-0.4, -0.2) is 17.4 Å². The Labute approximate surface area is 135 Å².